The topological polar surface area (TPSA) is 58.4 Å². The first-order valence-corrected chi connectivity index (χ1v) is 7.48. The van der Waals surface area contributed by atoms with E-state index >= 15 is 0 Å². The molecule has 1 atom stereocenters. The van der Waals surface area contributed by atoms with E-state index in [2.05, 4.69) is 17.1 Å². The molecule has 1 saturated carbocycles. The smallest absolute Gasteiger partial charge is 0.243 e. The Morgan fingerprint density at radius 3 is 2.45 bits per heavy atom. The fraction of sp³-hybridized carbons (Fsp3) is 0.562. The van der Waals surface area contributed by atoms with Gasteiger partial charge in [-0.05, 0) is 31.5 Å². The van der Waals surface area contributed by atoms with Gasteiger partial charge in [0.05, 0.1) is 0 Å². The third-order valence-corrected chi connectivity index (χ3v) is 4.08. The molecule has 20 heavy (non-hydrogen) atoms. The summed E-state index contributed by atoms with van der Waals surface area (Å²) in [5.74, 6) is -0.301. The largest absolute Gasteiger partial charge is 0.368 e. The summed E-state index contributed by atoms with van der Waals surface area (Å²) in [5.41, 5.74) is 5.94. The molecular formula is C16H25N3O. The number of likely N-dealkylation sites (N-methyl/N-ethyl adjacent to an activating group) is 2. The van der Waals surface area contributed by atoms with Crippen LogP contribution in [0, 0.1) is 0 Å². The summed E-state index contributed by atoms with van der Waals surface area (Å²) < 4.78 is 0. The molecule has 110 valence electrons. The van der Waals surface area contributed by atoms with E-state index in [-0.39, 0.29) is 5.91 Å². The fourth-order valence-electron chi connectivity index (χ4n) is 2.82. The van der Waals surface area contributed by atoms with Gasteiger partial charge in [-0.25, -0.2) is 0 Å². The van der Waals surface area contributed by atoms with Crippen LogP contribution >= 0.6 is 0 Å². The minimum atomic E-state index is -0.797. The maximum absolute atomic E-state index is 12.2. The van der Waals surface area contributed by atoms with Crippen molar-refractivity contribution in [2.75, 3.05) is 19.6 Å². The number of carbonyl (C=O) groups excluding carboxylic acids is 1. The van der Waals surface area contributed by atoms with Crippen molar-refractivity contribution >= 4 is 5.91 Å². The normalized spacial score (nSPS) is 17.9. The van der Waals surface area contributed by atoms with Crippen LogP contribution < -0.4 is 11.1 Å². The second kappa shape index (κ2) is 6.37. The Labute approximate surface area is 121 Å². The van der Waals surface area contributed by atoms with Crippen molar-refractivity contribution in [1.29, 1.82) is 0 Å². The predicted octanol–water partition coefficient (Wildman–Crippen LogP) is 1.46. The van der Waals surface area contributed by atoms with E-state index < -0.39 is 5.54 Å². The summed E-state index contributed by atoms with van der Waals surface area (Å²) >= 11 is 0. The van der Waals surface area contributed by atoms with Crippen LogP contribution in [0.25, 0.3) is 0 Å². The molecule has 0 spiro atoms. The van der Waals surface area contributed by atoms with Gasteiger partial charge in [-0.15, -0.1) is 0 Å². The zero-order chi connectivity index (χ0) is 14.6. The molecule has 1 aliphatic rings. The second-order valence-corrected chi connectivity index (χ2v) is 5.46. The van der Waals surface area contributed by atoms with Gasteiger partial charge in [0.25, 0.3) is 0 Å². The minimum Gasteiger partial charge on any atom is -0.368 e. The summed E-state index contributed by atoms with van der Waals surface area (Å²) in [7, 11) is 0. The first-order chi connectivity index (χ1) is 9.64. The van der Waals surface area contributed by atoms with Crippen molar-refractivity contribution in [2.24, 2.45) is 5.73 Å². The zero-order valence-corrected chi connectivity index (χ0v) is 12.4. The quantitative estimate of drug-likeness (QED) is 0.755. The number of nitrogens with one attached hydrogen (secondary N) is 1. The number of primary amides is 1. The number of hydrogen-bond acceptors (Lipinski definition) is 3. The van der Waals surface area contributed by atoms with Gasteiger partial charge in [-0.3, -0.25) is 15.0 Å². The molecule has 4 nitrogen and oxygen atoms in total. The standard InChI is InChI=1S/C16H25N3O/c1-3-18-16(15(17)20,13-8-6-5-7-9-13)12-19(4-2)14-10-11-14/h5-9,14,18H,3-4,10-12H2,1-2H3,(H2,17,20). The summed E-state index contributed by atoms with van der Waals surface area (Å²) in [4.78, 5) is 14.6. The Hall–Kier alpha value is -1.39. The molecule has 1 unspecified atom stereocenters. The Morgan fingerprint density at radius 2 is 2.00 bits per heavy atom. The molecule has 0 aromatic heterocycles. The Bertz CT molecular complexity index is 444. The van der Waals surface area contributed by atoms with Crippen LogP contribution in [0.3, 0.4) is 0 Å². The van der Waals surface area contributed by atoms with Gasteiger partial charge in [-0.1, -0.05) is 44.2 Å². The molecule has 2 rings (SSSR count). The van der Waals surface area contributed by atoms with Crippen LogP contribution in [0.15, 0.2) is 30.3 Å². The molecule has 1 aromatic carbocycles. The third kappa shape index (κ3) is 3.02. The highest BCUT2D eigenvalue weighted by Gasteiger charge is 2.42. The SMILES string of the molecule is CCNC(CN(CC)C1CC1)(C(N)=O)c1ccccc1. The summed E-state index contributed by atoms with van der Waals surface area (Å²) in [6.07, 6.45) is 2.45. The molecule has 0 aliphatic heterocycles. The highest BCUT2D eigenvalue weighted by molar-refractivity contribution is 5.86. The molecule has 0 saturated heterocycles. The lowest BCUT2D eigenvalue weighted by Crippen LogP contribution is -2.59. The highest BCUT2D eigenvalue weighted by Crippen LogP contribution is 2.31. The Morgan fingerprint density at radius 1 is 1.35 bits per heavy atom. The van der Waals surface area contributed by atoms with Gasteiger partial charge in [-0.2, -0.15) is 0 Å². The molecule has 1 aromatic rings. The van der Waals surface area contributed by atoms with Crippen LogP contribution in [-0.4, -0.2) is 36.5 Å². The molecular weight excluding hydrogens is 250 g/mol. The zero-order valence-electron chi connectivity index (χ0n) is 12.4. The number of nitrogens with two attached hydrogens (primary N) is 1. The van der Waals surface area contributed by atoms with Gasteiger partial charge >= 0.3 is 0 Å². The molecule has 1 amide bonds. The number of benzene rings is 1. The first kappa shape index (κ1) is 15.0. The van der Waals surface area contributed by atoms with E-state index in [9.17, 15) is 4.79 Å². The van der Waals surface area contributed by atoms with Crippen molar-refractivity contribution in [3.8, 4) is 0 Å². The maximum Gasteiger partial charge on any atom is 0.243 e. The Kier molecular flexibility index (Phi) is 4.78. The highest BCUT2D eigenvalue weighted by atomic mass is 16.1. The average molecular weight is 275 g/mol. The molecule has 1 aliphatic carbocycles. The van der Waals surface area contributed by atoms with Gasteiger partial charge in [0, 0.05) is 12.6 Å². The fourth-order valence-corrected chi connectivity index (χ4v) is 2.82. The number of carbonyl (C=O) groups is 1. The van der Waals surface area contributed by atoms with Crippen LogP contribution in [0.5, 0.6) is 0 Å². The minimum absolute atomic E-state index is 0.301. The molecule has 0 radical (unpaired) electrons. The van der Waals surface area contributed by atoms with Gasteiger partial charge in [0.2, 0.25) is 5.91 Å². The van der Waals surface area contributed by atoms with Crippen molar-refractivity contribution in [3.63, 3.8) is 0 Å². The van der Waals surface area contributed by atoms with Crippen molar-refractivity contribution in [1.82, 2.24) is 10.2 Å². The summed E-state index contributed by atoms with van der Waals surface area (Å²) in [6.45, 7) is 6.44. The van der Waals surface area contributed by atoms with E-state index in [1.807, 2.05) is 37.3 Å². The van der Waals surface area contributed by atoms with Crippen LogP contribution in [0.1, 0.15) is 32.3 Å². The average Bonchev–Trinajstić information content (AvgIpc) is 3.28. The van der Waals surface area contributed by atoms with E-state index in [1.165, 1.54) is 12.8 Å². The lowest BCUT2D eigenvalue weighted by Gasteiger charge is -2.37. The maximum atomic E-state index is 12.2. The molecule has 1 fully saturated rings. The van der Waals surface area contributed by atoms with E-state index in [0.717, 1.165) is 12.1 Å². The third-order valence-electron chi connectivity index (χ3n) is 4.08. The number of hydrogen-bond donors (Lipinski definition) is 2. The van der Waals surface area contributed by atoms with E-state index in [4.69, 9.17) is 5.73 Å². The van der Waals surface area contributed by atoms with Gasteiger partial charge < -0.3 is 5.73 Å². The van der Waals surface area contributed by atoms with E-state index in [1.54, 1.807) is 0 Å². The van der Waals surface area contributed by atoms with Gasteiger partial charge in [0.15, 0.2) is 0 Å². The van der Waals surface area contributed by atoms with E-state index in [0.29, 0.717) is 19.1 Å². The van der Waals surface area contributed by atoms with Crippen molar-refractivity contribution in [2.45, 2.75) is 38.3 Å². The predicted molar refractivity (Wildman–Crippen MR) is 81.3 cm³/mol. The van der Waals surface area contributed by atoms with Crippen molar-refractivity contribution in [3.05, 3.63) is 35.9 Å². The van der Waals surface area contributed by atoms with Gasteiger partial charge in [0.1, 0.15) is 5.54 Å². The van der Waals surface area contributed by atoms with Crippen molar-refractivity contribution < 1.29 is 4.79 Å². The molecule has 4 heteroatoms. The Balaban J connectivity index is 2.33. The van der Waals surface area contributed by atoms with Crippen LogP contribution in [0.2, 0.25) is 0 Å². The monoisotopic (exact) mass is 275 g/mol. The molecule has 0 heterocycles. The number of amides is 1. The number of nitrogens with zero attached hydrogens (tertiary/aromatic N) is 1. The molecule has 3 N–H and O–H groups in total. The lowest BCUT2D eigenvalue weighted by molar-refractivity contribution is -0.125. The first-order valence-electron chi connectivity index (χ1n) is 7.48. The second-order valence-electron chi connectivity index (χ2n) is 5.46. The summed E-state index contributed by atoms with van der Waals surface area (Å²) in [5, 5.41) is 3.34. The molecule has 0 bridgehead atoms. The summed E-state index contributed by atoms with van der Waals surface area (Å²) in [6, 6.07) is 10.4. The lowest BCUT2D eigenvalue weighted by atomic mass is 9.88. The van der Waals surface area contributed by atoms with Crippen LogP contribution in [-0.2, 0) is 10.3 Å². The number of rotatable bonds is 8. The van der Waals surface area contributed by atoms with Crippen LogP contribution in [0.4, 0.5) is 0 Å².